The Bertz CT molecular complexity index is 233. The molecule has 0 bridgehead atoms. The molecular formula is C7H10N2OS. The molecular weight excluding hydrogens is 160 g/mol. The number of hydrogen-bond donors (Lipinski definition) is 1. The molecule has 0 spiro atoms. The van der Waals surface area contributed by atoms with Gasteiger partial charge >= 0.3 is 0 Å². The third-order valence-corrected chi connectivity index (χ3v) is 2.22. The highest BCUT2D eigenvalue weighted by Crippen LogP contribution is 2.08. The van der Waals surface area contributed by atoms with Crippen molar-refractivity contribution in [1.29, 1.82) is 0 Å². The molecule has 1 aromatic heterocycles. The van der Waals surface area contributed by atoms with Gasteiger partial charge < -0.3 is 5.73 Å². The van der Waals surface area contributed by atoms with Crippen LogP contribution >= 0.6 is 11.5 Å². The monoisotopic (exact) mass is 170 g/mol. The summed E-state index contributed by atoms with van der Waals surface area (Å²) >= 11 is 1.20. The molecule has 0 aliphatic rings. The molecule has 0 fully saturated rings. The predicted octanol–water partition coefficient (Wildman–Crippen LogP) is 1.06. The lowest BCUT2D eigenvalue weighted by Crippen LogP contribution is -2.28. The van der Waals surface area contributed by atoms with Gasteiger partial charge in [0.2, 0.25) is 0 Å². The van der Waals surface area contributed by atoms with Gasteiger partial charge in [0.15, 0.2) is 5.78 Å². The molecule has 0 aromatic carbocycles. The first-order valence-corrected chi connectivity index (χ1v) is 4.23. The number of ketones is 1. The number of Topliss-reactive ketones (excluding diaryl/α,β-unsaturated/α-hetero) is 1. The number of aromatic nitrogens is 1. The average molecular weight is 170 g/mol. The summed E-state index contributed by atoms with van der Waals surface area (Å²) in [6.07, 6.45) is 2.29. The van der Waals surface area contributed by atoms with E-state index in [1.807, 2.05) is 6.92 Å². The first-order valence-electron chi connectivity index (χ1n) is 3.46. The minimum atomic E-state index is -0.365. The fourth-order valence-corrected chi connectivity index (χ4v) is 1.31. The summed E-state index contributed by atoms with van der Waals surface area (Å²) in [6, 6.07) is 1.33. The van der Waals surface area contributed by atoms with Crippen LogP contribution in [0.5, 0.6) is 0 Å². The van der Waals surface area contributed by atoms with Crippen molar-refractivity contribution in [2.45, 2.75) is 19.4 Å². The first kappa shape index (κ1) is 8.36. The third kappa shape index (κ3) is 1.85. The molecule has 1 heterocycles. The molecule has 11 heavy (non-hydrogen) atoms. The van der Waals surface area contributed by atoms with Crippen molar-refractivity contribution in [1.82, 2.24) is 4.37 Å². The van der Waals surface area contributed by atoms with Crippen molar-refractivity contribution < 1.29 is 4.79 Å². The second kappa shape index (κ2) is 3.59. The van der Waals surface area contributed by atoms with Gasteiger partial charge in [0.25, 0.3) is 0 Å². The van der Waals surface area contributed by atoms with Gasteiger partial charge in [-0.15, -0.1) is 0 Å². The number of nitrogens with zero attached hydrogens (tertiary/aromatic N) is 1. The van der Waals surface area contributed by atoms with Crippen LogP contribution in [0.2, 0.25) is 0 Å². The lowest BCUT2D eigenvalue weighted by atomic mass is 10.1. The smallest absolute Gasteiger partial charge is 0.191 e. The van der Waals surface area contributed by atoms with E-state index in [2.05, 4.69) is 4.37 Å². The second-order valence-electron chi connectivity index (χ2n) is 2.26. The van der Waals surface area contributed by atoms with Crippen LogP contribution in [0, 0.1) is 0 Å². The summed E-state index contributed by atoms with van der Waals surface area (Å²) in [4.78, 5) is 11.9. The minimum Gasteiger partial charge on any atom is -0.321 e. The fraction of sp³-hybridized carbons (Fsp3) is 0.429. The van der Waals surface area contributed by atoms with Crippen LogP contribution in [0.3, 0.4) is 0 Å². The zero-order valence-electron chi connectivity index (χ0n) is 6.28. The molecule has 60 valence electrons. The zero-order chi connectivity index (χ0) is 8.27. The fourth-order valence-electron chi connectivity index (χ4n) is 0.711. The lowest BCUT2D eigenvalue weighted by Gasteiger charge is -2.03. The molecule has 0 saturated carbocycles. The van der Waals surface area contributed by atoms with E-state index >= 15 is 0 Å². The molecule has 1 aromatic rings. The predicted molar refractivity (Wildman–Crippen MR) is 44.7 cm³/mol. The van der Waals surface area contributed by atoms with Gasteiger partial charge in [-0.25, -0.2) is 4.37 Å². The Hall–Kier alpha value is -0.740. The molecule has 0 aliphatic carbocycles. The van der Waals surface area contributed by atoms with Gasteiger partial charge in [-0.2, -0.15) is 0 Å². The Morgan fingerprint density at radius 3 is 3.09 bits per heavy atom. The lowest BCUT2D eigenvalue weighted by molar-refractivity contribution is 0.0963. The van der Waals surface area contributed by atoms with E-state index in [0.717, 1.165) is 0 Å². The van der Waals surface area contributed by atoms with Crippen molar-refractivity contribution in [3.63, 3.8) is 0 Å². The summed E-state index contributed by atoms with van der Waals surface area (Å²) in [6.45, 7) is 1.89. The van der Waals surface area contributed by atoms with E-state index in [1.165, 1.54) is 11.5 Å². The molecule has 4 heteroatoms. The van der Waals surface area contributed by atoms with E-state index in [-0.39, 0.29) is 11.8 Å². The molecule has 1 rings (SSSR count). The Kier molecular flexibility index (Phi) is 2.73. The molecule has 0 saturated heterocycles. The number of carbonyl (C=O) groups is 1. The Morgan fingerprint density at radius 2 is 2.64 bits per heavy atom. The maximum absolute atomic E-state index is 11.3. The maximum Gasteiger partial charge on any atom is 0.191 e. The number of hydrogen-bond acceptors (Lipinski definition) is 4. The van der Waals surface area contributed by atoms with E-state index in [9.17, 15) is 4.79 Å². The summed E-state index contributed by atoms with van der Waals surface area (Å²) in [5, 5.41) is 0. The zero-order valence-corrected chi connectivity index (χ0v) is 7.10. The van der Waals surface area contributed by atoms with Gasteiger partial charge in [0.1, 0.15) is 0 Å². The van der Waals surface area contributed by atoms with Crippen LogP contribution in [0.4, 0.5) is 0 Å². The van der Waals surface area contributed by atoms with Crippen molar-refractivity contribution in [3.8, 4) is 0 Å². The highest BCUT2D eigenvalue weighted by molar-refractivity contribution is 7.08. The van der Waals surface area contributed by atoms with E-state index in [1.54, 1.807) is 12.3 Å². The summed E-state index contributed by atoms with van der Waals surface area (Å²) in [5.74, 6) is -0.00463. The van der Waals surface area contributed by atoms with Crippen LogP contribution < -0.4 is 5.73 Å². The highest BCUT2D eigenvalue weighted by Gasteiger charge is 2.14. The standard InChI is InChI=1S/C7H10N2OS/c1-2-5(8)7(10)6-3-4-9-11-6/h3-5H,2,8H2,1H3. The van der Waals surface area contributed by atoms with Crippen LogP contribution in [0.1, 0.15) is 23.0 Å². The molecule has 0 amide bonds. The largest absolute Gasteiger partial charge is 0.321 e. The Morgan fingerprint density at radius 1 is 1.91 bits per heavy atom. The van der Waals surface area contributed by atoms with Gasteiger partial charge in [0, 0.05) is 6.20 Å². The quantitative estimate of drug-likeness (QED) is 0.690. The van der Waals surface area contributed by atoms with Gasteiger partial charge in [-0.3, -0.25) is 4.79 Å². The van der Waals surface area contributed by atoms with E-state index in [0.29, 0.717) is 11.3 Å². The highest BCUT2D eigenvalue weighted by atomic mass is 32.1. The molecule has 3 nitrogen and oxygen atoms in total. The maximum atomic E-state index is 11.3. The summed E-state index contributed by atoms with van der Waals surface area (Å²) in [5.41, 5.74) is 5.54. The van der Waals surface area contributed by atoms with Crippen LogP contribution in [0.15, 0.2) is 12.3 Å². The normalized spacial score (nSPS) is 12.9. The summed E-state index contributed by atoms with van der Waals surface area (Å²) in [7, 11) is 0. The van der Waals surface area contributed by atoms with Crippen molar-refractivity contribution in [2.24, 2.45) is 5.73 Å². The third-order valence-electron chi connectivity index (χ3n) is 1.46. The Labute approximate surface area is 69.4 Å². The van der Waals surface area contributed by atoms with Crippen LogP contribution in [-0.2, 0) is 0 Å². The van der Waals surface area contributed by atoms with Crippen molar-refractivity contribution >= 4 is 17.3 Å². The van der Waals surface area contributed by atoms with Gasteiger partial charge in [0.05, 0.1) is 10.9 Å². The minimum absolute atomic E-state index is 0.00463. The van der Waals surface area contributed by atoms with Crippen LogP contribution in [-0.4, -0.2) is 16.2 Å². The Balaban J connectivity index is 2.70. The first-order chi connectivity index (χ1) is 5.25. The summed E-state index contributed by atoms with van der Waals surface area (Å²) < 4.78 is 3.83. The molecule has 1 atom stereocenters. The van der Waals surface area contributed by atoms with Gasteiger partial charge in [-0.1, -0.05) is 6.92 Å². The second-order valence-corrected chi connectivity index (χ2v) is 3.09. The van der Waals surface area contributed by atoms with E-state index < -0.39 is 0 Å². The molecule has 0 radical (unpaired) electrons. The molecule has 1 unspecified atom stereocenters. The van der Waals surface area contributed by atoms with Crippen molar-refractivity contribution in [2.75, 3.05) is 0 Å². The molecule has 2 N–H and O–H groups in total. The number of carbonyl (C=O) groups excluding carboxylic acids is 1. The van der Waals surface area contributed by atoms with Crippen LogP contribution in [0.25, 0.3) is 0 Å². The average Bonchev–Trinajstić information content (AvgIpc) is 2.53. The SMILES string of the molecule is CCC(N)C(=O)c1ccns1. The number of nitrogens with two attached hydrogens (primary N) is 1. The van der Waals surface area contributed by atoms with E-state index in [4.69, 9.17) is 5.73 Å². The molecule has 0 aliphatic heterocycles. The van der Waals surface area contributed by atoms with Gasteiger partial charge in [-0.05, 0) is 24.0 Å². The van der Waals surface area contributed by atoms with Crippen molar-refractivity contribution in [3.05, 3.63) is 17.1 Å². The topological polar surface area (TPSA) is 56.0 Å². The number of rotatable bonds is 3.